The first-order valence-corrected chi connectivity index (χ1v) is 6.88. The Morgan fingerprint density at radius 1 is 1.20 bits per heavy atom. The van der Waals surface area contributed by atoms with Crippen LogP contribution in [0.15, 0.2) is 48.7 Å². The van der Waals surface area contributed by atoms with Crippen LogP contribution in [0.2, 0.25) is 0 Å². The van der Waals surface area contributed by atoms with Gasteiger partial charge in [0, 0.05) is 18.2 Å². The molecule has 2 heterocycles. The molecule has 3 nitrogen and oxygen atoms in total. The topological polar surface area (TPSA) is 43.3 Å². The monoisotopic (exact) mass is 281 g/mol. The summed E-state index contributed by atoms with van der Waals surface area (Å²) in [6.45, 7) is 2.06. The third-order valence-corrected chi connectivity index (χ3v) is 3.48. The SMILES string of the molecule is Cc1cccn2c(CC(N)=S)c(-c3ccccc3)nc12. The molecule has 20 heavy (non-hydrogen) atoms. The smallest absolute Gasteiger partial charge is 0.140 e. The van der Waals surface area contributed by atoms with E-state index < -0.39 is 0 Å². The summed E-state index contributed by atoms with van der Waals surface area (Å²) in [6, 6.07) is 14.2. The lowest BCUT2D eigenvalue weighted by atomic mass is 10.1. The zero-order chi connectivity index (χ0) is 14.1. The van der Waals surface area contributed by atoms with Gasteiger partial charge in [0.2, 0.25) is 0 Å². The lowest BCUT2D eigenvalue weighted by Gasteiger charge is -2.04. The summed E-state index contributed by atoms with van der Waals surface area (Å²) in [5, 5.41) is 0. The zero-order valence-corrected chi connectivity index (χ0v) is 12.0. The fourth-order valence-electron chi connectivity index (χ4n) is 2.41. The van der Waals surface area contributed by atoms with Gasteiger partial charge in [-0.15, -0.1) is 0 Å². The fourth-order valence-corrected chi connectivity index (χ4v) is 2.55. The molecular formula is C16H15N3S. The Morgan fingerprint density at radius 3 is 2.65 bits per heavy atom. The molecule has 3 rings (SSSR count). The maximum atomic E-state index is 5.75. The first kappa shape index (κ1) is 12.8. The number of aryl methyl sites for hydroxylation is 1. The molecule has 0 atom stereocenters. The van der Waals surface area contributed by atoms with Crippen LogP contribution in [0, 0.1) is 6.92 Å². The van der Waals surface area contributed by atoms with E-state index in [9.17, 15) is 0 Å². The molecule has 2 N–H and O–H groups in total. The van der Waals surface area contributed by atoms with Gasteiger partial charge in [-0.2, -0.15) is 0 Å². The maximum absolute atomic E-state index is 5.75. The highest BCUT2D eigenvalue weighted by molar-refractivity contribution is 7.80. The van der Waals surface area contributed by atoms with Crippen LogP contribution < -0.4 is 5.73 Å². The van der Waals surface area contributed by atoms with Crippen LogP contribution in [0.5, 0.6) is 0 Å². The van der Waals surface area contributed by atoms with E-state index in [1.54, 1.807) is 0 Å². The minimum absolute atomic E-state index is 0.477. The number of nitrogens with two attached hydrogens (primary N) is 1. The summed E-state index contributed by atoms with van der Waals surface area (Å²) in [6.07, 6.45) is 2.56. The van der Waals surface area contributed by atoms with Crippen LogP contribution in [-0.2, 0) is 6.42 Å². The number of fused-ring (bicyclic) bond motifs is 1. The summed E-state index contributed by atoms with van der Waals surface area (Å²) >= 11 is 5.09. The van der Waals surface area contributed by atoms with E-state index in [0.29, 0.717) is 11.4 Å². The van der Waals surface area contributed by atoms with Gasteiger partial charge < -0.3 is 10.1 Å². The van der Waals surface area contributed by atoms with E-state index in [1.165, 1.54) is 0 Å². The van der Waals surface area contributed by atoms with E-state index >= 15 is 0 Å². The van der Waals surface area contributed by atoms with Crippen molar-refractivity contribution in [3.05, 3.63) is 59.9 Å². The second kappa shape index (κ2) is 5.06. The second-order valence-electron chi connectivity index (χ2n) is 4.80. The summed E-state index contributed by atoms with van der Waals surface area (Å²) in [5.74, 6) is 0. The number of hydrogen-bond acceptors (Lipinski definition) is 2. The molecule has 0 amide bonds. The Kier molecular flexibility index (Phi) is 3.24. The Labute approximate surface area is 123 Å². The molecule has 3 aromatic rings. The summed E-state index contributed by atoms with van der Waals surface area (Å²) < 4.78 is 2.08. The van der Waals surface area contributed by atoms with E-state index in [2.05, 4.69) is 29.5 Å². The molecule has 0 aliphatic rings. The molecule has 0 saturated carbocycles. The molecule has 0 bridgehead atoms. The van der Waals surface area contributed by atoms with Crippen molar-refractivity contribution in [3.8, 4) is 11.3 Å². The first-order chi connectivity index (χ1) is 9.66. The van der Waals surface area contributed by atoms with E-state index in [-0.39, 0.29) is 0 Å². The molecular weight excluding hydrogens is 266 g/mol. The number of benzene rings is 1. The Hall–Kier alpha value is -2.20. The van der Waals surface area contributed by atoms with Gasteiger partial charge in [-0.1, -0.05) is 48.6 Å². The number of rotatable bonds is 3. The molecule has 2 aromatic heterocycles. The van der Waals surface area contributed by atoms with Crippen molar-refractivity contribution in [2.75, 3.05) is 0 Å². The molecule has 4 heteroatoms. The molecule has 1 aromatic carbocycles. The zero-order valence-electron chi connectivity index (χ0n) is 11.2. The third-order valence-electron chi connectivity index (χ3n) is 3.33. The van der Waals surface area contributed by atoms with Gasteiger partial charge in [-0.3, -0.25) is 0 Å². The van der Waals surface area contributed by atoms with Crippen molar-refractivity contribution in [1.82, 2.24) is 9.38 Å². The largest absolute Gasteiger partial charge is 0.393 e. The molecule has 0 radical (unpaired) electrons. The van der Waals surface area contributed by atoms with Crippen molar-refractivity contribution in [2.24, 2.45) is 5.73 Å². The Morgan fingerprint density at radius 2 is 1.95 bits per heavy atom. The molecule has 0 unspecified atom stereocenters. The van der Waals surface area contributed by atoms with Gasteiger partial charge in [0.05, 0.1) is 16.4 Å². The molecule has 0 aliphatic heterocycles. The van der Waals surface area contributed by atoms with Gasteiger partial charge in [0.15, 0.2) is 0 Å². The van der Waals surface area contributed by atoms with Crippen LogP contribution in [0.3, 0.4) is 0 Å². The summed E-state index contributed by atoms with van der Waals surface area (Å²) in [4.78, 5) is 5.26. The first-order valence-electron chi connectivity index (χ1n) is 6.47. The number of imidazole rings is 1. The van der Waals surface area contributed by atoms with Crippen LogP contribution in [0.1, 0.15) is 11.3 Å². The number of pyridine rings is 1. The number of nitrogens with zero attached hydrogens (tertiary/aromatic N) is 2. The van der Waals surface area contributed by atoms with Gasteiger partial charge in [-0.05, 0) is 18.6 Å². The predicted molar refractivity (Wildman–Crippen MR) is 85.9 cm³/mol. The van der Waals surface area contributed by atoms with Crippen molar-refractivity contribution < 1.29 is 0 Å². The average Bonchev–Trinajstić information content (AvgIpc) is 2.80. The number of aromatic nitrogens is 2. The van der Waals surface area contributed by atoms with Crippen molar-refractivity contribution in [3.63, 3.8) is 0 Å². The van der Waals surface area contributed by atoms with Gasteiger partial charge >= 0.3 is 0 Å². The van der Waals surface area contributed by atoms with E-state index in [4.69, 9.17) is 22.9 Å². The minimum Gasteiger partial charge on any atom is -0.393 e. The maximum Gasteiger partial charge on any atom is 0.140 e. The normalized spacial score (nSPS) is 10.8. The van der Waals surface area contributed by atoms with Gasteiger partial charge in [0.25, 0.3) is 0 Å². The van der Waals surface area contributed by atoms with Crippen molar-refractivity contribution >= 4 is 22.9 Å². The highest BCUT2D eigenvalue weighted by Crippen LogP contribution is 2.26. The molecule has 100 valence electrons. The Balaban J connectivity index is 2.30. The van der Waals surface area contributed by atoms with Crippen LogP contribution >= 0.6 is 12.2 Å². The average molecular weight is 281 g/mol. The second-order valence-corrected chi connectivity index (χ2v) is 5.33. The third kappa shape index (κ3) is 2.18. The number of thiocarbonyl (C=S) groups is 1. The summed E-state index contributed by atoms with van der Waals surface area (Å²) in [7, 11) is 0. The van der Waals surface area contributed by atoms with E-state index in [0.717, 1.165) is 28.2 Å². The standard InChI is InChI=1S/C16H15N3S/c1-11-6-5-9-19-13(10-14(17)20)15(18-16(11)19)12-7-3-2-4-8-12/h2-9H,10H2,1H3,(H2,17,20). The Bertz CT molecular complexity index is 775. The van der Waals surface area contributed by atoms with Gasteiger partial charge in [-0.25, -0.2) is 4.98 Å². The molecule has 0 saturated heterocycles. The number of hydrogen-bond donors (Lipinski definition) is 1. The van der Waals surface area contributed by atoms with Crippen molar-refractivity contribution in [2.45, 2.75) is 13.3 Å². The molecule has 0 spiro atoms. The van der Waals surface area contributed by atoms with Crippen LogP contribution in [-0.4, -0.2) is 14.4 Å². The fraction of sp³-hybridized carbons (Fsp3) is 0.125. The predicted octanol–water partition coefficient (Wildman–Crippen LogP) is 3.14. The minimum atomic E-state index is 0.477. The van der Waals surface area contributed by atoms with Gasteiger partial charge in [0.1, 0.15) is 5.65 Å². The lowest BCUT2D eigenvalue weighted by Crippen LogP contribution is -2.13. The summed E-state index contributed by atoms with van der Waals surface area (Å²) in [5.41, 5.74) is 10.9. The lowest BCUT2D eigenvalue weighted by molar-refractivity contribution is 1.06. The molecule has 0 fully saturated rings. The van der Waals surface area contributed by atoms with Crippen molar-refractivity contribution in [1.29, 1.82) is 0 Å². The highest BCUT2D eigenvalue weighted by Gasteiger charge is 2.15. The molecule has 0 aliphatic carbocycles. The quantitative estimate of drug-likeness (QED) is 0.750. The highest BCUT2D eigenvalue weighted by atomic mass is 32.1. The van der Waals surface area contributed by atoms with Crippen LogP contribution in [0.25, 0.3) is 16.9 Å². The van der Waals surface area contributed by atoms with E-state index in [1.807, 2.05) is 30.5 Å². The van der Waals surface area contributed by atoms with Crippen LogP contribution in [0.4, 0.5) is 0 Å².